The summed E-state index contributed by atoms with van der Waals surface area (Å²) in [4.78, 5) is 23.3. The summed E-state index contributed by atoms with van der Waals surface area (Å²) < 4.78 is 5.11. The van der Waals surface area contributed by atoms with E-state index in [1.807, 2.05) is 0 Å². The van der Waals surface area contributed by atoms with Gasteiger partial charge in [0.25, 0.3) is 0 Å². The van der Waals surface area contributed by atoms with Gasteiger partial charge in [-0.15, -0.1) is 0 Å². The molecule has 0 bridgehead atoms. The van der Waals surface area contributed by atoms with Gasteiger partial charge in [0, 0.05) is 17.7 Å². The highest BCUT2D eigenvalue weighted by atomic mass is 16.5. The van der Waals surface area contributed by atoms with E-state index in [0.29, 0.717) is 17.7 Å². The Bertz CT molecular complexity index is 360. The largest absolute Gasteiger partial charge is 0.362 e. The van der Waals surface area contributed by atoms with E-state index in [2.05, 4.69) is 0 Å². The van der Waals surface area contributed by atoms with Crippen molar-refractivity contribution in [2.75, 3.05) is 6.61 Å². The summed E-state index contributed by atoms with van der Waals surface area (Å²) in [5.41, 5.74) is 0.965. The standard InChI is InChI=1S/C11H10O3/c1-2-14-11-9(12)7-5-3-4-6-8(7)10(11)13/h3-6,11H,2H2,1H3. The predicted octanol–water partition coefficient (Wildman–Crippen LogP) is 1.47. The van der Waals surface area contributed by atoms with Gasteiger partial charge in [0.2, 0.25) is 0 Å². The minimum atomic E-state index is -0.905. The van der Waals surface area contributed by atoms with Crippen molar-refractivity contribution in [1.82, 2.24) is 0 Å². The molecule has 0 heterocycles. The molecule has 3 nitrogen and oxygen atoms in total. The van der Waals surface area contributed by atoms with Crippen molar-refractivity contribution in [1.29, 1.82) is 0 Å². The molecule has 0 fully saturated rings. The van der Waals surface area contributed by atoms with Gasteiger partial charge in [0.1, 0.15) is 0 Å². The third-order valence-electron chi connectivity index (χ3n) is 2.27. The zero-order chi connectivity index (χ0) is 10.1. The minimum absolute atomic E-state index is 0.215. The van der Waals surface area contributed by atoms with Crippen LogP contribution in [-0.4, -0.2) is 24.3 Å². The number of hydrogen-bond donors (Lipinski definition) is 0. The molecule has 0 saturated carbocycles. The van der Waals surface area contributed by atoms with Crippen molar-refractivity contribution in [3.8, 4) is 0 Å². The van der Waals surface area contributed by atoms with Gasteiger partial charge in [-0.05, 0) is 6.92 Å². The van der Waals surface area contributed by atoms with E-state index < -0.39 is 6.10 Å². The summed E-state index contributed by atoms with van der Waals surface area (Å²) in [6, 6.07) is 6.82. The highest BCUT2D eigenvalue weighted by Gasteiger charge is 2.38. The maximum Gasteiger partial charge on any atom is 0.200 e. The summed E-state index contributed by atoms with van der Waals surface area (Å²) in [5.74, 6) is -0.431. The third-order valence-corrected chi connectivity index (χ3v) is 2.27. The Kier molecular flexibility index (Phi) is 2.17. The monoisotopic (exact) mass is 190 g/mol. The molecule has 2 rings (SSSR count). The molecular formula is C11H10O3. The highest BCUT2D eigenvalue weighted by molar-refractivity contribution is 6.28. The lowest BCUT2D eigenvalue weighted by molar-refractivity contribution is 0.0436. The van der Waals surface area contributed by atoms with Crippen LogP contribution in [0.3, 0.4) is 0 Å². The number of Topliss-reactive ketones (excluding diaryl/α,β-unsaturated/α-hetero) is 2. The molecule has 72 valence electrons. The average molecular weight is 190 g/mol. The SMILES string of the molecule is CCOC1C(=O)c2ccccc2C1=O. The molecule has 0 saturated heterocycles. The second-order valence-corrected chi connectivity index (χ2v) is 3.11. The van der Waals surface area contributed by atoms with Crippen molar-refractivity contribution in [3.05, 3.63) is 35.4 Å². The molecule has 0 radical (unpaired) electrons. The molecule has 1 aliphatic rings. The van der Waals surface area contributed by atoms with E-state index in [0.717, 1.165) is 0 Å². The van der Waals surface area contributed by atoms with E-state index in [-0.39, 0.29) is 11.6 Å². The van der Waals surface area contributed by atoms with Crippen LogP contribution >= 0.6 is 0 Å². The number of carbonyl (C=O) groups is 2. The smallest absolute Gasteiger partial charge is 0.200 e. The van der Waals surface area contributed by atoms with Crippen molar-refractivity contribution in [3.63, 3.8) is 0 Å². The van der Waals surface area contributed by atoms with Gasteiger partial charge < -0.3 is 4.74 Å². The van der Waals surface area contributed by atoms with Gasteiger partial charge in [0.15, 0.2) is 17.7 Å². The number of carbonyl (C=O) groups excluding carboxylic acids is 2. The van der Waals surface area contributed by atoms with Crippen molar-refractivity contribution >= 4 is 11.6 Å². The summed E-state index contributed by atoms with van der Waals surface area (Å²) >= 11 is 0. The maximum absolute atomic E-state index is 11.7. The van der Waals surface area contributed by atoms with E-state index >= 15 is 0 Å². The lowest BCUT2D eigenvalue weighted by atomic mass is 10.1. The Hall–Kier alpha value is -1.48. The van der Waals surface area contributed by atoms with Crippen LogP contribution in [0.5, 0.6) is 0 Å². The van der Waals surface area contributed by atoms with Gasteiger partial charge in [-0.25, -0.2) is 0 Å². The van der Waals surface area contributed by atoms with Crippen molar-refractivity contribution < 1.29 is 14.3 Å². The molecule has 0 unspecified atom stereocenters. The highest BCUT2D eigenvalue weighted by Crippen LogP contribution is 2.23. The Morgan fingerprint density at radius 2 is 1.64 bits per heavy atom. The van der Waals surface area contributed by atoms with Gasteiger partial charge in [-0.1, -0.05) is 24.3 Å². The molecular weight excluding hydrogens is 180 g/mol. The first kappa shape index (κ1) is 9.09. The number of ether oxygens (including phenoxy) is 1. The van der Waals surface area contributed by atoms with Crippen molar-refractivity contribution in [2.24, 2.45) is 0 Å². The fraction of sp³-hybridized carbons (Fsp3) is 0.273. The van der Waals surface area contributed by atoms with Crippen LogP contribution in [-0.2, 0) is 4.74 Å². The summed E-state index contributed by atoms with van der Waals surface area (Å²) in [6.07, 6.45) is -0.905. The Labute approximate surface area is 81.7 Å². The van der Waals surface area contributed by atoms with Crippen LogP contribution < -0.4 is 0 Å². The number of ketones is 2. The molecule has 0 spiro atoms. The van der Waals surface area contributed by atoms with Crippen LogP contribution in [0.4, 0.5) is 0 Å². The first-order valence-corrected chi connectivity index (χ1v) is 4.54. The molecule has 0 amide bonds. The number of benzene rings is 1. The molecule has 3 heteroatoms. The molecule has 0 atom stereocenters. The topological polar surface area (TPSA) is 43.4 Å². The van der Waals surface area contributed by atoms with Gasteiger partial charge >= 0.3 is 0 Å². The van der Waals surface area contributed by atoms with Crippen LogP contribution in [0.15, 0.2) is 24.3 Å². The third kappa shape index (κ3) is 1.17. The normalized spacial score (nSPS) is 16.1. The molecule has 1 aromatic rings. The minimum Gasteiger partial charge on any atom is -0.362 e. The molecule has 1 aliphatic carbocycles. The first-order valence-electron chi connectivity index (χ1n) is 4.54. The second kappa shape index (κ2) is 3.35. The van der Waals surface area contributed by atoms with Crippen LogP contribution in [0, 0.1) is 0 Å². The van der Waals surface area contributed by atoms with Crippen LogP contribution in [0.1, 0.15) is 27.6 Å². The first-order chi connectivity index (χ1) is 6.75. The van der Waals surface area contributed by atoms with Gasteiger partial charge in [-0.2, -0.15) is 0 Å². The maximum atomic E-state index is 11.7. The van der Waals surface area contributed by atoms with E-state index in [1.54, 1.807) is 31.2 Å². The lowest BCUT2D eigenvalue weighted by Crippen LogP contribution is -2.25. The number of rotatable bonds is 2. The van der Waals surface area contributed by atoms with E-state index in [4.69, 9.17) is 4.74 Å². The zero-order valence-electron chi connectivity index (χ0n) is 7.82. The molecule has 1 aromatic carbocycles. The van der Waals surface area contributed by atoms with Gasteiger partial charge in [0.05, 0.1) is 0 Å². The number of hydrogen-bond acceptors (Lipinski definition) is 3. The molecule has 0 N–H and O–H groups in total. The Balaban J connectivity index is 2.43. The fourth-order valence-electron chi connectivity index (χ4n) is 1.63. The Morgan fingerprint density at radius 1 is 1.14 bits per heavy atom. The fourth-order valence-corrected chi connectivity index (χ4v) is 1.63. The van der Waals surface area contributed by atoms with Gasteiger partial charge in [-0.3, -0.25) is 9.59 Å². The number of fused-ring (bicyclic) bond motifs is 1. The zero-order valence-corrected chi connectivity index (χ0v) is 7.82. The van der Waals surface area contributed by atoms with Crippen molar-refractivity contribution in [2.45, 2.75) is 13.0 Å². The molecule has 0 aliphatic heterocycles. The summed E-state index contributed by atoms with van der Waals surface area (Å²) in [7, 11) is 0. The lowest BCUT2D eigenvalue weighted by Gasteiger charge is -2.04. The van der Waals surface area contributed by atoms with Crippen LogP contribution in [0.2, 0.25) is 0 Å². The summed E-state index contributed by atoms with van der Waals surface area (Å²) in [5, 5.41) is 0. The van der Waals surface area contributed by atoms with Crippen LogP contribution in [0.25, 0.3) is 0 Å². The Morgan fingerprint density at radius 3 is 2.07 bits per heavy atom. The quantitative estimate of drug-likeness (QED) is 0.663. The molecule has 14 heavy (non-hydrogen) atoms. The average Bonchev–Trinajstić information content (AvgIpc) is 2.45. The predicted molar refractivity (Wildman–Crippen MR) is 50.5 cm³/mol. The summed E-state index contributed by atoms with van der Waals surface area (Å²) in [6.45, 7) is 2.14. The van der Waals surface area contributed by atoms with E-state index in [9.17, 15) is 9.59 Å². The van der Waals surface area contributed by atoms with E-state index in [1.165, 1.54) is 0 Å². The second-order valence-electron chi connectivity index (χ2n) is 3.11. The molecule has 0 aromatic heterocycles.